The van der Waals surface area contributed by atoms with Gasteiger partial charge in [0.25, 0.3) is 11.8 Å². The second kappa shape index (κ2) is 12.7. The molecular formula is C34H36Cl3FN4O3. The molecule has 3 aromatic rings. The molecule has 1 saturated heterocycles. The average molecular weight is 674 g/mol. The molecule has 2 aromatic carbocycles. The van der Waals surface area contributed by atoms with Crippen LogP contribution in [0.3, 0.4) is 0 Å². The lowest BCUT2D eigenvalue weighted by Gasteiger charge is -2.57. The number of halogens is 4. The molecule has 1 aliphatic heterocycles. The highest BCUT2D eigenvalue weighted by atomic mass is 35.5. The number of amides is 2. The molecule has 11 heteroatoms. The van der Waals surface area contributed by atoms with Crippen LogP contribution in [0.5, 0.6) is 0 Å². The first kappa shape index (κ1) is 32.0. The predicted octanol–water partition coefficient (Wildman–Crippen LogP) is 7.64. The molecule has 0 N–H and O–H groups in total. The Balaban J connectivity index is 1.19. The van der Waals surface area contributed by atoms with Crippen LogP contribution in [0.15, 0.2) is 52.6 Å². The fourth-order valence-corrected chi connectivity index (χ4v) is 7.60. The summed E-state index contributed by atoms with van der Waals surface area (Å²) in [4.78, 5) is 33.4. The second-order valence-corrected chi connectivity index (χ2v) is 14.1. The van der Waals surface area contributed by atoms with Crippen LogP contribution < -0.4 is 0 Å². The first-order valence-electron chi connectivity index (χ1n) is 15.3. The zero-order valence-corrected chi connectivity index (χ0v) is 27.9. The molecule has 0 spiro atoms. The lowest BCUT2D eigenvalue weighted by atomic mass is 9.49. The molecule has 2 heterocycles. The third-order valence-corrected chi connectivity index (χ3v) is 11.1. The number of rotatable bonds is 8. The molecule has 4 aliphatic rings. The quantitative estimate of drug-likeness (QED) is 0.230. The van der Waals surface area contributed by atoms with Crippen molar-refractivity contribution in [2.24, 2.45) is 17.3 Å². The number of allylic oxidation sites excluding steroid dienone is 1. The number of aryl methyl sites for hydroxylation is 1. The molecule has 2 fully saturated rings. The Morgan fingerprint density at radius 3 is 2.49 bits per heavy atom. The summed E-state index contributed by atoms with van der Waals surface area (Å²) in [6.07, 6.45) is 4.45. The average Bonchev–Trinajstić information content (AvgIpc) is 3.40. The maximum Gasteiger partial charge on any atom is 0.260 e. The highest BCUT2D eigenvalue weighted by Crippen LogP contribution is 2.59. The van der Waals surface area contributed by atoms with Crippen molar-refractivity contribution in [1.82, 2.24) is 19.9 Å². The van der Waals surface area contributed by atoms with Crippen LogP contribution in [0.25, 0.3) is 11.3 Å². The van der Waals surface area contributed by atoms with Gasteiger partial charge in [-0.25, -0.2) is 4.39 Å². The largest absolute Gasteiger partial charge is 0.360 e. The SMILES string of the molecule is Cc1onc(-c2c(F)cccc2Cl)c1C(=O)N(CCN1CCN(C(=O)c2ccc(Cl)c(Cl)c2)CC1)CC1=CCC2CC1C2(C)C. The molecule has 1 aromatic heterocycles. The van der Waals surface area contributed by atoms with Gasteiger partial charge in [-0.15, -0.1) is 0 Å². The van der Waals surface area contributed by atoms with E-state index in [-0.39, 0.29) is 39.1 Å². The first-order valence-corrected chi connectivity index (χ1v) is 16.4. The summed E-state index contributed by atoms with van der Waals surface area (Å²) in [5.74, 6) is 0.493. The van der Waals surface area contributed by atoms with Crippen LogP contribution in [0, 0.1) is 30.0 Å². The van der Waals surface area contributed by atoms with E-state index in [0.717, 1.165) is 12.8 Å². The minimum Gasteiger partial charge on any atom is -0.360 e. The van der Waals surface area contributed by atoms with Gasteiger partial charge in [0, 0.05) is 51.4 Å². The summed E-state index contributed by atoms with van der Waals surface area (Å²) in [6.45, 7) is 10.3. The van der Waals surface area contributed by atoms with Crippen molar-refractivity contribution in [2.75, 3.05) is 45.8 Å². The summed E-state index contributed by atoms with van der Waals surface area (Å²) in [6, 6.07) is 9.31. The van der Waals surface area contributed by atoms with Gasteiger partial charge in [0.1, 0.15) is 22.8 Å². The smallest absolute Gasteiger partial charge is 0.260 e. The summed E-state index contributed by atoms with van der Waals surface area (Å²) in [5, 5.41) is 5.01. The van der Waals surface area contributed by atoms with Gasteiger partial charge in [0.05, 0.1) is 20.6 Å². The fraction of sp³-hybridized carbons (Fsp3) is 0.441. The third-order valence-electron chi connectivity index (χ3n) is 10.0. The Kier molecular flexibility index (Phi) is 9.05. The molecule has 2 amide bonds. The van der Waals surface area contributed by atoms with Crippen molar-refractivity contribution in [2.45, 2.75) is 33.6 Å². The summed E-state index contributed by atoms with van der Waals surface area (Å²) in [5.41, 5.74) is 2.37. The van der Waals surface area contributed by atoms with Crippen molar-refractivity contribution in [3.63, 3.8) is 0 Å². The standard InChI is InChI=1S/C34H36Cl3FN4O3/c1-20-29(31(39-45-20)30-26(36)5-4-6-28(30)38)33(44)42(19-22-7-9-23-18-24(22)34(23,2)3)16-13-40-11-14-41(15-12-40)32(43)21-8-10-25(35)27(37)17-21/h4-8,10,17,23-24H,9,11-16,18-19H2,1-3H3. The first-order chi connectivity index (χ1) is 21.5. The van der Waals surface area contributed by atoms with Gasteiger partial charge in [-0.3, -0.25) is 14.5 Å². The Morgan fingerprint density at radius 1 is 1.07 bits per heavy atom. The van der Waals surface area contributed by atoms with E-state index in [2.05, 4.69) is 30.0 Å². The van der Waals surface area contributed by atoms with Gasteiger partial charge >= 0.3 is 0 Å². The van der Waals surface area contributed by atoms with Gasteiger partial charge in [-0.1, -0.05) is 71.5 Å². The number of aromatic nitrogens is 1. The number of hydrogen-bond donors (Lipinski definition) is 0. The number of nitrogens with zero attached hydrogens (tertiary/aromatic N) is 4. The summed E-state index contributed by atoms with van der Waals surface area (Å²) < 4.78 is 20.4. The van der Waals surface area contributed by atoms with Crippen molar-refractivity contribution >= 4 is 46.6 Å². The van der Waals surface area contributed by atoms with Crippen molar-refractivity contribution < 1.29 is 18.5 Å². The van der Waals surface area contributed by atoms with Crippen molar-refractivity contribution in [3.8, 4) is 11.3 Å². The van der Waals surface area contributed by atoms with E-state index in [0.29, 0.717) is 79.0 Å². The van der Waals surface area contributed by atoms with Crippen LogP contribution in [-0.2, 0) is 0 Å². The van der Waals surface area contributed by atoms with Crippen molar-refractivity contribution in [1.29, 1.82) is 0 Å². The van der Waals surface area contributed by atoms with E-state index in [9.17, 15) is 14.0 Å². The van der Waals surface area contributed by atoms with Gasteiger partial charge in [-0.05, 0) is 67.3 Å². The Bertz CT molecular complexity index is 1640. The molecule has 2 bridgehead atoms. The van der Waals surface area contributed by atoms with Crippen LogP contribution >= 0.6 is 34.8 Å². The molecule has 7 rings (SSSR count). The minimum absolute atomic E-state index is 0.0573. The number of fused-ring (bicyclic) bond motifs is 1. The maximum atomic E-state index is 15.0. The van der Waals surface area contributed by atoms with Gasteiger partial charge < -0.3 is 14.3 Å². The summed E-state index contributed by atoms with van der Waals surface area (Å²) >= 11 is 18.6. The van der Waals surface area contributed by atoms with Crippen LogP contribution in [0.1, 0.15) is 53.2 Å². The van der Waals surface area contributed by atoms with Gasteiger partial charge in [0.15, 0.2) is 0 Å². The molecule has 3 aliphatic carbocycles. The molecule has 2 atom stereocenters. The number of carbonyl (C=O) groups excluding carboxylic acids is 2. The summed E-state index contributed by atoms with van der Waals surface area (Å²) in [7, 11) is 0. The van der Waals surface area contributed by atoms with Crippen LogP contribution in [0.4, 0.5) is 4.39 Å². The van der Waals surface area contributed by atoms with E-state index in [1.54, 1.807) is 31.2 Å². The highest BCUT2D eigenvalue weighted by Gasteiger charge is 2.51. The lowest BCUT2D eigenvalue weighted by molar-refractivity contribution is -0.0105. The molecule has 7 nitrogen and oxygen atoms in total. The molecule has 45 heavy (non-hydrogen) atoms. The van der Waals surface area contributed by atoms with Crippen molar-refractivity contribution in [3.05, 3.63) is 85.8 Å². The van der Waals surface area contributed by atoms with E-state index in [1.165, 1.54) is 17.7 Å². The molecular weight excluding hydrogens is 638 g/mol. The monoisotopic (exact) mass is 672 g/mol. The maximum absolute atomic E-state index is 15.0. The van der Waals surface area contributed by atoms with E-state index in [1.807, 2.05) is 9.80 Å². The second-order valence-electron chi connectivity index (χ2n) is 12.9. The number of hydrogen-bond acceptors (Lipinski definition) is 5. The normalized spacial score (nSPS) is 20.9. The zero-order chi connectivity index (χ0) is 32.0. The van der Waals surface area contributed by atoms with E-state index >= 15 is 0 Å². The minimum atomic E-state index is -0.568. The predicted molar refractivity (Wildman–Crippen MR) is 174 cm³/mol. The Morgan fingerprint density at radius 2 is 1.82 bits per heavy atom. The van der Waals surface area contributed by atoms with E-state index in [4.69, 9.17) is 39.3 Å². The topological polar surface area (TPSA) is 69.9 Å². The number of piperazine rings is 1. The molecule has 0 radical (unpaired) electrons. The highest BCUT2D eigenvalue weighted by molar-refractivity contribution is 6.42. The number of benzene rings is 2. The zero-order valence-electron chi connectivity index (χ0n) is 25.6. The lowest BCUT2D eigenvalue weighted by Crippen LogP contribution is -2.52. The molecule has 2 unspecified atom stereocenters. The molecule has 238 valence electrons. The third kappa shape index (κ3) is 6.14. The van der Waals surface area contributed by atoms with Crippen LogP contribution in [-0.4, -0.2) is 77.5 Å². The molecule has 1 saturated carbocycles. The fourth-order valence-electron chi connectivity index (χ4n) is 7.05. The van der Waals surface area contributed by atoms with Gasteiger partial charge in [-0.2, -0.15) is 0 Å². The number of carbonyl (C=O) groups is 2. The Labute approximate surface area is 277 Å². The van der Waals surface area contributed by atoms with E-state index < -0.39 is 5.82 Å². The van der Waals surface area contributed by atoms with Gasteiger partial charge in [0.2, 0.25) is 0 Å². The Hall–Kier alpha value is -2.91. The van der Waals surface area contributed by atoms with Crippen LogP contribution in [0.2, 0.25) is 15.1 Å².